The Kier molecular flexibility index (Phi) is 21.2. The number of unbranched alkanes of at least 4 members (excludes halogenated alkanes) is 2. The molecular weight excluding hydrogens is 413 g/mol. The van der Waals surface area contributed by atoms with Gasteiger partial charge in [0, 0.05) is 20.1 Å². The molecule has 1 unspecified atom stereocenters. The van der Waals surface area contributed by atoms with Crippen LogP contribution in [-0.4, -0.2) is 50.6 Å². The molecule has 1 aliphatic rings. The first-order chi connectivity index (χ1) is 13.5. The van der Waals surface area contributed by atoms with Crippen molar-refractivity contribution in [3.05, 3.63) is 24.5 Å². The van der Waals surface area contributed by atoms with E-state index in [-0.39, 0.29) is 18.8 Å². The minimum absolute atomic E-state index is 0.114. The van der Waals surface area contributed by atoms with Gasteiger partial charge >= 0.3 is 15.6 Å². The van der Waals surface area contributed by atoms with Crippen molar-refractivity contribution in [3.63, 3.8) is 0 Å². The molecule has 0 aliphatic carbocycles. The van der Waals surface area contributed by atoms with E-state index in [0.717, 1.165) is 45.8 Å². The zero-order valence-corrected chi connectivity index (χ0v) is 18.7. The Hall–Kier alpha value is -1.10. The molecule has 6 nitrogen and oxygen atoms in total. The highest BCUT2D eigenvalue weighted by Crippen LogP contribution is 2.27. The topological polar surface area (TPSA) is 93.1 Å². The summed E-state index contributed by atoms with van der Waals surface area (Å²) in [5, 5.41) is 15.5. The van der Waals surface area contributed by atoms with Gasteiger partial charge in [-0.1, -0.05) is 46.8 Å². The van der Waals surface area contributed by atoms with E-state index in [9.17, 15) is 21.6 Å². The smallest absolute Gasteiger partial charge is 0.400 e. The monoisotopic (exact) mass is 450 g/mol. The maximum absolute atomic E-state index is 11.8. The lowest BCUT2D eigenvalue weighted by Gasteiger charge is -2.10. The van der Waals surface area contributed by atoms with Crippen molar-refractivity contribution < 1.29 is 40.7 Å². The predicted octanol–water partition coefficient (Wildman–Crippen LogP) is 4.69. The number of alkyl halides is 3. The Labute approximate surface area is 173 Å². The van der Waals surface area contributed by atoms with Crippen molar-refractivity contribution in [3.8, 4) is 0 Å². The van der Waals surface area contributed by atoms with E-state index in [1.807, 2.05) is 20.8 Å². The number of halogens is 3. The van der Waals surface area contributed by atoms with Gasteiger partial charge in [0.25, 0.3) is 0 Å². The standard InChI is InChI=1S/C8H13F3O3S.C8H14O2.C2H6.CH4O/c1-3-4-5-6-7(2)14-15(12,13)8(9,10)11;1-7-5-8(10-6-7)3-2-4-9;2*1-2/h2-6H2,1H3;8-9H,1-6H2;1-2H3;2H,1H3. The molecule has 0 aromatic heterocycles. The van der Waals surface area contributed by atoms with Gasteiger partial charge in [-0.25, -0.2) is 0 Å². The Balaban J connectivity index is -0.000000416. The van der Waals surface area contributed by atoms with Crippen molar-refractivity contribution >= 4 is 10.1 Å². The zero-order valence-electron chi connectivity index (χ0n) is 17.9. The summed E-state index contributed by atoms with van der Waals surface area (Å²) in [5.41, 5.74) is -4.20. The van der Waals surface area contributed by atoms with Crippen LogP contribution in [0.25, 0.3) is 0 Å². The third-order valence-corrected chi connectivity index (χ3v) is 4.32. The minimum Gasteiger partial charge on any atom is -0.400 e. The van der Waals surface area contributed by atoms with Gasteiger partial charge in [0.05, 0.1) is 12.7 Å². The molecule has 0 aromatic rings. The van der Waals surface area contributed by atoms with E-state index >= 15 is 0 Å². The summed E-state index contributed by atoms with van der Waals surface area (Å²) in [5.74, 6) is -0.374. The molecule has 1 heterocycles. The molecule has 0 saturated carbocycles. The highest BCUT2D eigenvalue weighted by Gasteiger charge is 2.48. The molecule has 1 atom stereocenters. The molecule has 0 bridgehead atoms. The highest BCUT2D eigenvalue weighted by molar-refractivity contribution is 7.87. The zero-order chi connectivity index (χ0) is 23.5. The van der Waals surface area contributed by atoms with Crippen molar-refractivity contribution in [1.82, 2.24) is 0 Å². The average molecular weight is 451 g/mol. The van der Waals surface area contributed by atoms with Gasteiger partial charge in [0.1, 0.15) is 5.76 Å². The summed E-state index contributed by atoms with van der Waals surface area (Å²) >= 11 is 0. The lowest BCUT2D eigenvalue weighted by Crippen LogP contribution is -2.25. The van der Waals surface area contributed by atoms with Crippen LogP contribution in [0.3, 0.4) is 0 Å². The second-order valence-corrected chi connectivity index (χ2v) is 7.27. The van der Waals surface area contributed by atoms with E-state index in [1.54, 1.807) is 0 Å². The van der Waals surface area contributed by atoms with Crippen molar-refractivity contribution in [2.24, 2.45) is 0 Å². The Morgan fingerprint density at radius 3 is 2.17 bits per heavy atom. The van der Waals surface area contributed by atoms with E-state index in [4.69, 9.17) is 14.9 Å². The van der Waals surface area contributed by atoms with Gasteiger partial charge in [-0.15, -0.1) is 0 Å². The summed E-state index contributed by atoms with van der Waals surface area (Å²) in [6.07, 6.45) is 5.47. The van der Waals surface area contributed by atoms with E-state index in [2.05, 4.69) is 17.3 Å². The van der Waals surface area contributed by atoms with Crippen LogP contribution in [0.1, 0.15) is 65.7 Å². The number of hydrogen-bond donors (Lipinski definition) is 2. The first kappa shape index (κ1) is 32.6. The molecule has 0 aromatic carbocycles. The van der Waals surface area contributed by atoms with Gasteiger partial charge in [0.15, 0.2) is 0 Å². The number of aliphatic hydroxyl groups is 2. The largest absolute Gasteiger partial charge is 0.534 e. The maximum atomic E-state index is 11.8. The molecule has 0 spiro atoms. The molecular formula is C19H37F3O6S. The van der Waals surface area contributed by atoms with Gasteiger partial charge in [-0.3, -0.25) is 0 Å². The molecule has 2 N–H and O–H groups in total. The summed E-state index contributed by atoms with van der Waals surface area (Å²) in [7, 11) is -4.53. The van der Waals surface area contributed by atoms with Crippen LogP contribution >= 0.6 is 0 Å². The van der Waals surface area contributed by atoms with Crippen molar-refractivity contribution in [1.29, 1.82) is 0 Å². The van der Waals surface area contributed by atoms with E-state index in [1.165, 1.54) is 5.57 Å². The van der Waals surface area contributed by atoms with Crippen LogP contribution in [0.2, 0.25) is 0 Å². The molecule has 176 valence electrons. The second-order valence-electron chi connectivity index (χ2n) is 5.73. The number of allylic oxidation sites excluding steroid dienone is 1. The molecule has 1 saturated heterocycles. The first-order valence-corrected chi connectivity index (χ1v) is 11.0. The first-order valence-electron chi connectivity index (χ1n) is 9.55. The summed E-state index contributed by atoms with van der Waals surface area (Å²) in [6, 6.07) is 0. The van der Waals surface area contributed by atoms with Gasteiger partial charge < -0.3 is 19.1 Å². The molecule has 1 aliphatic heterocycles. The van der Waals surface area contributed by atoms with Crippen LogP contribution in [-0.2, 0) is 19.0 Å². The lowest BCUT2D eigenvalue weighted by atomic mass is 10.1. The van der Waals surface area contributed by atoms with Crippen LogP contribution in [0.4, 0.5) is 13.2 Å². The van der Waals surface area contributed by atoms with E-state index < -0.39 is 15.6 Å². The third-order valence-electron chi connectivity index (χ3n) is 3.29. The Bertz CT molecular complexity index is 519. The van der Waals surface area contributed by atoms with Crippen molar-refractivity contribution in [2.75, 3.05) is 20.3 Å². The number of aliphatic hydroxyl groups excluding tert-OH is 2. The molecule has 0 amide bonds. The highest BCUT2D eigenvalue weighted by atomic mass is 32.2. The summed E-state index contributed by atoms with van der Waals surface area (Å²) in [6.45, 7) is 13.9. The number of hydrogen-bond acceptors (Lipinski definition) is 6. The second kappa shape index (κ2) is 18.9. The lowest BCUT2D eigenvalue weighted by molar-refractivity contribution is -0.0523. The van der Waals surface area contributed by atoms with Gasteiger partial charge in [0.2, 0.25) is 0 Å². The molecule has 1 rings (SSSR count). The fourth-order valence-corrected chi connectivity index (χ4v) is 2.48. The summed E-state index contributed by atoms with van der Waals surface area (Å²) < 4.78 is 65.6. The van der Waals surface area contributed by atoms with Crippen LogP contribution in [0.15, 0.2) is 24.5 Å². The van der Waals surface area contributed by atoms with Gasteiger partial charge in [-0.05, 0) is 31.3 Å². The maximum Gasteiger partial charge on any atom is 0.534 e. The molecule has 10 heteroatoms. The molecule has 29 heavy (non-hydrogen) atoms. The van der Waals surface area contributed by atoms with Crippen LogP contribution in [0.5, 0.6) is 0 Å². The average Bonchev–Trinajstić information content (AvgIpc) is 3.08. The minimum atomic E-state index is -5.53. The Morgan fingerprint density at radius 2 is 1.79 bits per heavy atom. The quantitative estimate of drug-likeness (QED) is 0.174. The third kappa shape index (κ3) is 17.5. The fraction of sp³-hybridized carbons (Fsp3) is 0.789. The van der Waals surface area contributed by atoms with Gasteiger partial charge in [-0.2, -0.15) is 21.6 Å². The van der Waals surface area contributed by atoms with E-state index in [0.29, 0.717) is 12.5 Å². The van der Waals surface area contributed by atoms with Crippen LogP contribution in [0, 0.1) is 0 Å². The Morgan fingerprint density at radius 1 is 1.24 bits per heavy atom. The molecule has 1 fully saturated rings. The number of ether oxygens (including phenoxy) is 1. The number of rotatable bonds is 9. The fourth-order valence-electron chi connectivity index (χ4n) is 2.00. The van der Waals surface area contributed by atoms with Crippen LogP contribution < -0.4 is 0 Å². The predicted molar refractivity (Wildman–Crippen MR) is 109 cm³/mol. The summed E-state index contributed by atoms with van der Waals surface area (Å²) in [4.78, 5) is 0. The molecule has 0 radical (unpaired) electrons. The SMILES string of the molecule is C=C(CCCCC)OS(=O)(=O)C(F)(F)F.C=C1COC(CCCO)C1.CC.CO. The van der Waals surface area contributed by atoms with Crippen molar-refractivity contribution in [2.45, 2.75) is 77.3 Å². The normalized spacial score (nSPS) is 15.8.